The molecule has 0 radical (unpaired) electrons. The van der Waals surface area contributed by atoms with Crippen molar-refractivity contribution in [3.8, 4) is 11.3 Å². The fourth-order valence-corrected chi connectivity index (χ4v) is 3.18. The molecule has 1 amide bonds. The quantitative estimate of drug-likeness (QED) is 0.890. The third-order valence-corrected chi connectivity index (χ3v) is 4.39. The van der Waals surface area contributed by atoms with Crippen LogP contribution in [0.3, 0.4) is 0 Å². The predicted molar refractivity (Wildman–Crippen MR) is 88.7 cm³/mol. The number of carbonyl (C=O) groups excluding carboxylic acids is 1. The fourth-order valence-electron chi connectivity index (χ4n) is 2.25. The minimum Gasteiger partial charge on any atom is -0.330 e. The topological polar surface area (TPSA) is 68.0 Å². The van der Waals surface area contributed by atoms with Gasteiger partial charge in [0, 0.05) is 23.4 Å². The van der Waals surface area contributed by atoms with E-state index in [2.05, 4.69) is 49.3 Å². The lowest BCUT2D eigenvalue weighted by Crippen LogP contribution is -2.15. The van der Waals surface area contributed by atoms with E-state index in [4.69, 9.17) is 5.73 Å². The molecule has 0 aliphatic heterocycles. The molecular weight excluding hydrogens is 282 g/mol. The molecule has 0 aliphatic carbocycles. The average Bonchev–Trinajstić information content (AvgIpc) is 2.81. The Morgan fingerprint density at radius 2 is 2.14 bits per heavy atom. The van der Waals surface area contributed by atoms with Gasteiger partial charge >= 0.3 is 0 Å². The third-order valence-electron chi connectivity index (χ3n) is 3.27. The van der Waals surface area contributed by atoms with Gasteiger partial charge in [0.15, 0.2) is 5.13 Å². The van der Waals surface area contributed by atoms with Crippen LogP contribution in [-0.2, 0) is 11.2 Å². The zero-order valence-electron chi connectivity index (χ0n) is 12.7. The van der Waals surface area contributed by atoms with E-state index in [0.717, 1.165) is 17.7 Å². The summed E-state index contributed by atoms with van der Waals surface area (Å²) in [6.07, 6.45) is 1.22. The molecule has 5 heteroatoms. The summed E-state index contributed by atoms with van der Waals surface area (Å²) < 4.78 is 0. The van der Waals surface area contributed by atoms with Crippen LogP contribution in [0.1, 0.15) is 29.3 Å². The summed E-state index contributed by atoms with van der Waals surface area (Å²) >= 11 is 1.54. The van der Waals surface area contributed by atoms with E-state index in [9.17, 15) is 4.79 Å². The van der Waals surface area contributed by atoms with Gasteiger partial charge in [-0.05, 0) is 25.8 Å². The van der Waals surface area contributed by atoms with Crippen LogP contribution in [0.5, 0.6) is 0 Å². The molecule has 0 aliphatic rings. The third kappa shape index (κ3) is 3.68. The molecule has 0 saturated heterocycles. The maximum Gasteiger partial charge on any atom is 0.227 e. The number of carbonyl (C=O) groups is 1. The van der Waals surface area contributed by atoms with E-state index in [1.165, 1.54) is 27.3 Å². The molecule has 0 unspecified atom stereocenters. The molecule has 0 atom stereocenters. The summed E-state index contributed by atoms with van der Waals surface area (Å²) in [7, 11) is 0. The van der Waals surface area contributed by atoms with E-state index in [1.54, 1.807) is 0 Å². The number of amides is 1. The van der Waals surface area contributed by atoms with Crippen molar-refractivity contribution in [3.05, 3.63) is 34.2 Å². The Labute approximate surface area is 129 Å². The number of benzene rings is 1. The lowest BCUT2D eigenvalue weighted by atomic mass is 10.0. The van der Waals surface area contributed by atoms with Crippen molar-refractivity contribution >= 4 is 22.4 Å². The molecule has 0 spiro atoms. The van der Waals surface area contributed by atoms with Crippen LogP contribution in [-0.4, -0.2) is 17.4 Å². The van der Waals surface area contributed by atoms with Gasteiger partial charge in [0.05, 0.1) is 5.69 Å². The second kappa shape index (κ2) is 6.83. The molecule has 4 nitrogen and oxygen atoms in total. The fraction of sp³-hybridized carbons (Fsp3) is 0.375. The Bertz CT molecular complexity index is 649. The van der Waals surface area contributed by atoms with E-state index in [-0.39, 0.29) is 5.91 Å². The molecule has 2 aromatic rings. The van der Waals surface area contributed by atoms with Crippen LogP contribution >= 0.6 is 11.3 Å². The monoisotopic (exact) mass is 303 g/mol. The van der Waals surface area contributed by atoms with Gasteiger partial charge in [0.2, 0.25) is 5.91 Å². The van der Waals surface area contributed by atoms with Gasteiger partial charge < -0.3 is 11.1 Å². The van der Waals surface area contributed by atoms with E-state index < -0.39 is 0 Å². The van der Waals surface area contributed by atoms with Crippen molar-refractivity contribution in [1.82, 2.24) is 4.98 Å². The number of thiazole rings is 1. The number of anilines is 1. The Morgan fingerprint density at radius 1 is 1.38 bits per heavy atom. The summed E-state index contributed by atoms with van der Waals surface area (Å²) in [5, 5.41) is 3.48. The van der Waals surface area contributed by atoms with Gasteiger partial charge in [-0.2, -0.15) is 0 Å². The Balaban J connectivity index is 2.35. The predicted octanol–water partition coefficient (Wildman–Crippen LogP) is 3.28. The summed E-state index contributed by atoms with van der Waals surface area (Å²) in [4.78, 5) is 17.4. The standard InChI is InChI=1S/C16H21N3OS/c1-4-13-15(12-6-5-10(2)9-11(12)3)19-16(21-13)18-14(20)7-8-17/h5-6,9H,4,7-8,17H2,1-3H3,(H,18,19,20). The smallest absolute Gasteiger partial charge is 0.227 e. The highest BCUT2D eigenvalue weighted by atomic mass is 32.1. The minimum atomic E-state index is -0.0823. The highest BCUT2D eigenvalue weighted by Gasteiger charge is 2.15. The van der Waals surface area contributed by atoms with Crippen molar-refractivity contribution in [1.29, 1.82) is 0 Å². The second-order valence-corrected chi connectivity index (χ2v) is 6.13. The average molecular weight is 303 g/mol. The molecule has 0 saturated carbocycles. The molecule has 112 valence electrons. The maximum absolute atomic E-state index is 11.6. The first-order valence-electron chi connectivity index (χ1n) is 7.12. The first-order chi connectivity index (χ1) is 10.0. The van der Waals surface area contributed by atoms with Crippen LogP contribution in [0.25, 0.3) is 11.3 Å². The molecule has 0 fully saturated rings. The van der Waals surface area contributed by atoms with Crippen molar-refractivity contribution in [2.24, 2.45) is 5.73 Å². The zero-order valence-corrected chi connectivity index (χ0v) is 13.5. The molecule has 2 rings (SSSR count). The van der Waals surface area contributed by atoms with Gasteiger partial charge in [-0.3, -0.25) is 4.79 Å². The van der Waals surface area contributed by atoms with Crippen LogP contribution in [0, 0.1) is 13.8 Å². The Morgan fingerprint density at radius 3 is 2.76 bits per heavy atom. The van der Waals surface area contributed by atoms with Crippen LogP contribution in [0.15, 0.2) is 18.2 Å². The summed E-state index contributed by atoms with van der Waals surface area (Å²) in [5.74, 6) is -0.0823. The van der Waals surface area contributed by atoms with Crippen LogP contribution in [0.2, 0.25) is 0 Å². The first kappa shape index (κ1) is 15.7. The maximum atomic E-state index is 11.6. The molecular formula is C16H21N3OS. The number of hydrogen-bond acceptors (Lipinski definition) is 4. The minimum absolute atomic E-state index is 0.0823. The lowest BCUT2D eigenvalue weighted by molar-refractivity contribution is -0.116. The van der Waals surface area contributed by atoms with Crippen LogP contribution < -0.4 is 11.1 Å². The van der Waals surface area contributed by atoms with Crippen molar-refractivity contribution in [2.75, 3.05) is 11.9 Å². The van der Waals surface area contributed by atoms with Crippen molar-refractivity contribution in [3.63, 3.8) is 0 Å². The number of hydrogen-bond donors (Lipinski definition) is 2. The van der Waals surface area contributed by atoms with Gasteiger partial charge in [0.1, 0.15) is 0 Å². The summed E-state index contributed by atoms with van der Waals surface area (Å²) in [6, 6.07) is 6.35. The number of aromatic nitrogens is 1. The SMILES string of the molecule is CCc1sc(NC(=O)CCN)nc1-c1ccc(C)cc1C. The number of nitrogens with one attached hydrogen (secondary N) is 1. The Kier molecular flexibility index (Phi) is 5.09. The molecule has 3 N–H and O–H groups in total. The highest BCUT2D eigenvalue weighted by Crippen LogP contribution is 2.33. The normalized spacial score (nSPS) is 10.7. The first-order valence-corrected chi connectivity index (χ1v) is 7.94. The number of rotatable bonds is 5. The van der Waals surface area contributed by atoms with Gasteiger partial charge in [-0.15, -0.1) is 11.3 Å². The van der Waals surface area contributed by atoms with E-state index in [0.29, 0.717) is 18.1 Å². The summed E-state index contributed by atoms with van der Waals surface area (Å²) in [5.41, 5.74) is 9.94. The second-order valence-electron chi connectivity index (χ2n) is 5.05. The van der Waals surface area contributed by atoms with Gasteiger partial charge in [-0.25, -0.2) is 4.98 Å². The molecule has 1 heterocycles. The van der Waals surface area contributed by atoms with Gasteiger partial charge in [0.25, 0.3) is 0 Å². The molecule has 0 bridgehead atoms. The van der Waals surface area contributed by atoms with Gasteiger partial charge in [-0.1, -0.05) is 30.7 Å². The van der Waals surface area contributed by atoms with Crippen LogP contribution in [0.4, 0.5) is 5.13 Å². The Hall–Kier alpha value is -1.72. The van der Waals surface area contributed by atoms with Crippen molar-refractivity contribution < 1.29 is 4.79 Å². The van der Waals surface area contributed by atoms with E-state index >= 15 is 0 Å². The number of aryl methyl sites for hydroxylation is 3. The number of nitrogens with two attached hydrogens (primary N) is 1. The zero-order chi connectivity index (χ0) is 15.4. The van der Waals surface area contributed by atoms with E-state index in [1.807, 2.05) is 0 Å². The molecule has 1 aromatic carbocycles. The largest absolute Gasteiger partial charge is 0.330 e. The molecule has 1 aromatic heterocycles. The van der Waals surface area contributed by atoms with Crippen molar-refractivity contribution in [2.45, 2.75) is 33.6 Å². The molecule has 21 heavy (non-hydrogen) atoms. The lowest BCUT2D eigenvalue weighted by Gasteiger charge is -2.05. The highest BCUT2D eigenvalue weighted by molar-refractivity contribution is 7.16. The summed E-state index contributed by atoms with van der Waals surface area (Å²) in [6.45, 7) is 6.62. The number of nitrogens with zero attached hydrogens (tertiary/aromatic N) is 1.